The fourth-order valence-electron chi connectivity index (χ4n) is 5.00. The van der Waals surface area contributed by atoms with Gasteiger partial charge in [0.25, 0.3) is 5.91 Å². The van der Waals surface area contributed by atoms with E-state index in [1.54, 1.807) is 6.07 Å². The smallest absolute Gasteiger partial charge is 0.269 e. The van der Waals surface area contributed by atoms with Crippen LogP contribution < -0.4 is 5.32 Å². The minimum Gasteiger partial charge on any atom is -0.456 e. The van der Waals surface area contributed by atoms with Crippen molar-refractivity contribution in [1.29, 1.82) is 0 Å². The molecular formula is C30H33N3O4S. The molecule has 4 aromatic rings. The predicted molar refractivity (Wildman–Crippen MR) is 151 cm³/mol. The normalized spacial score (nSPS) is 16.5. The molecule has 7 nitrogen and oxygen atoms in total. The van der Waals surface area contributed by atoms with Gasteiger partial charge in [0.1, 0.15) is 28.0 Å². The van der Waals surface area contributed by atoms with Crippen LogP contribution in [0.1, 0.15) is 61.8 Å². The number of benzene rings is 2. The molecule has 1 aliphatic heterocycles. The second kappa shape index (κ2) is 10.4. The van der Waals surface area contributed by atoms with Crippen LogP contribution in [-0.2, 0) is 17.5 Å². The van der Waals surface area contributed by atoms with E-state index >= 15 is 0 Å². The highest BCUT2D eigenvalue weighted by Gasteiger charge is 2.40. The number of carbonyl (C=O) groups excluding carboxylic acids is 1. The Balaban J connectivity index is 1.67. The lowest BCUT2D eigenvalue weighted by Gasteiger charge is -2.30. The summed E-state index contributed by atoms with van der Waals surface area (Å²) in [5.74, 6) is 0.492. The number of hydrogen-bond acceptors (Lipinski definition) is 5. The van der Waals surface area contributed by atoms with Crippen LogP contribution >= 0.6 is 0 Å². The Morgan fingerprint density at radius 3 is 2.61 bits per heavy atom. The van der Waals surface area contributed by atoms with Gasteiger partial charge in [0.15, 0.2) is 0 Å². The third-order valence-corrected chi connectivity index (χ3v) is 8.56. The molecule has 0 saturated carbocycles. The van der Waals surface area contributed by atoms with Crippen LogP contribution in [0.2, 0.25) is 0 Å². The lowest BCUT2D eigenvalue weighted by atomic mass is 9.95. The van der Waals surface area contributed by atoms with Crippen molar-refractivity contribution < 1.29 is 18.5 Å². The van der Waals surface area contributed by atoms with Crippen molar-refractivity contribution >= 4 is 27.9 Å². The molecule has 8 heteroatoms. The molecule has 38 heavy (non-hydrogen) atoms. The zero-order valence-electron chi connectivity index (χ0n) is 22.2. The van der Waals surface area contributed by atoms with E-state index in [0.717, 1.165) is 39.0 Å². The first-order chi connectivity index (χ1) is 18.2. The Morgan fingerprint density at radius 1 is 1.13 bits per heavy atom. The number of hydrogen-bond donors (Lipinski definition) is 2. The first kappa shape index (κ1) is 26.3. The number of amides is 1. The van der Waals surface area contributed by atoms with Gasteiger partial charge in [-0.15, -0.1) is 0 Å². The summed E-state index contributed by atoms with van der Waals surface area (Å²) in [7, 11) is -1.32. The van der Waals surface area contributed by atoms with Crippen LogP contribution in [0.3, 0.4) is 0 Å². The second-order valence-corrected chi connectivity index (χ2v) is 12.7. The number of para-hydroxylation sites is 1. The van der Waals surface area contributed by atoms with Crippen molar-refractivity contribution in [3.05, 3.63) is 77.5 Å². The number of pyridine rings is 1. The Kier molecular flexibility index (Phi) is 7.22. The van der Waals surface area contributed by atoms with E-state index in [9.17, 15) is 14.1 Å². The SMILES string of the molecule is CCNC(=O)c1cc2c(c(-c3cccc(-c4cc5ccccc5o4)c3)n1)[C@@H](CCO)N([S@](=O)C(C)(C)C)C2. The van der Waals surface area contributed by atoms with Crippen LogP contribution in [-0.4, -0.2) is 42.4 Å². The largest absolute Gasteiger partial charge is 0.456 e. The molecule has 2 atom stereocenters. The van der Waals surface area contributed by atoms with E-state index in [4.69, 9.17) is 9.40 Å². The van der Waals surface area contributed by atoms with Gasteiger partial charge < -0.3 is 14.8 Å². The molecule has 1 amide bonds. The van der Waals surface area contributed by atoms with E-state index in [2.05, 4.69) is 5.32 Å². The minimum absolute atomic E-state index is 0.0571. The van der Waals surface area contributed by atoms with E-state index < -0.39 is 15.7 Å². The van der Waals surface area contributed by atoms with Crippen LogP contribution in [0, 0.1) is 0 Å². The van der Waals surface area contributed by atoms with Gasteiger partial charge >= 0.3 is 0 Å². The zero-order valence-corrected chi connectivity index (χ0v) is 23.0. The summed E-state index contributed by atoms with van der Waals surface area (Å²) >= 11 is 0. The van der Waals surface area contributed by atoms with Crippen LogP contribution in [0.4, 0.5) is 0 Å². The van der Waals surface area contributed by atoms with Gasteiger partial charge in [0.2, 0.25) is 0 Å². The molecule has 1 aliphatic rings. The number of nitrogens with zero attached hydrogens (tertiary/aromatic N) is 2. The summed E-state index contributed by atoms with van der Waals surface area (Å²) in [6.45, 7) is 8.54. The quantitative estimate of drug-likeness (QED) is 0.323. The van der Waals surface area contributed by atoms with E-state index in [-0.39, 0.29) is 18.6 Å². The van der Waals surface area contributed by atoms with Crippen molar-refractivity contribution in [3.63, 3.8) is 0 Å². The molecular weight excluding hydrogens is 498 g/mol. The van der Waals surface area contributed by atoms with Gasteiger partial charge in [-0.3, -0.25) is 4.79 Å². The van der Waals surface area contributed by atoms with Gasteiger partial charge in [0.05, 0.1) is 16.5 Å². The fourth-order valence-corrected chi connectivity index (χ4v) is 6.40. The Morgan fingerprint density at radius 2 is 1.89 bits per heavy atom. The van der Waals surface area contributed by atoms with Gasteiger partial charge in [-0.2, -0.15) is 0 Å². The average molecular weight is 532 g/mol. The lowest BCUT2D eigenvalue weighted by molar-refractivity contribution is 0.0951. The van der Waals surface area contributed by atoms with Crippen molar-refractivity contribution in [2.24, 2.45) is 0 Å². The molecule has 0 radical (unpaired) electrons. The Labute approximate surface area is 225 Å². The highest BCUT2D eigenvalue weighted by atomic mass is 32.2. The maximum atomic E-state index is 13.6. The predicted octanol–water partition coefficient (Wildman–Crippen LogP) is 5.61. The molecule has 0 fully saturated rings. The Hall–Kier alpha value is -3.33. The molecule has 2 aromatic heterocycles. The minimum atomic E-state index is -1.32. The molecule has 0 aliphatic carbocycles. The molecule has 2 N–H and O–H groups in total. The average Bonchev–Trinajstić information content (AvgIpc) is 3.49. The van der Waals surface area contributed by atoms with Gasteiger partial charge in [0, 0.05) is 41.8 Å². The summed E-state index contributed by atoms with van der Waals surface area (Å²) in [5, 5.41) is 13.8. The van der Waals surface area contributed by atoms with Crippen LogP contribution in [0.15, 0.2) is 65.1 Å². The summed E-state index contributed by atoms with van der Waals surface area (Å²) in [6.07, 6.45) is 0.410. The first-order valence-electron chi connectivity index (χ1n) is 12.9. The molecule has 0 unspecified atom stereocenters. The van der Waals surface area contributed by atoms with Gasteiger partial charge in [-0.1, -0.05) is 36.4 Å². The van der Waals surface area contributed by atoms with Crippen LogP contribution in [0.5, 0.6) is 0 Å². The number of nitrogens with one attached hydrogen (secondary N) is 1. The number of rotatable bonds is 7. The van der Waals surface area contributed by atoms with Crippen molar-refractivity contribution in [3.8, 4) is 22.6 Å². The maximum absolute atomic E-state index is 13.6. The van der Waals surface area contributed by atoms with Crippen molar-refractivity contribution in [2.75, 3.05) is 13.2 Å². The van der Waals surface area contributed by atoms with Gasteiger partial charge in [-0.25, -0.2) is 13.5 Å². The maximum Gasteiger partial charge on any atom is 0.269 e. The second-order valence-electron chi connectivity index (χ2n) is 10.5. The zero-order chi connectivity index (χ0) is 27.0. The lowest BCUT2D eigenvalue weighted by Crippen LogP contribution is -2.36. The van der Waals surface area contributed by atoms with E-state index in [1.807, 2.05) is 86.6 Å². The summed E-state index contributed by atoms with van der Waals surface area (Å²) in [5.41, 5.74) is 5.33. The summed E-state index contributed by atoms with van der Waals surface area (Å²) in [4.78, 5) is 17.7. The standard InChI is InChI=1S/C30H33N3O4S/c1-5-31-29(35)23-16-22-18-33(38(36)30(2,3)4)24(13-14-34)27(22)28(32-23)21-11-8-10-19(15-21)26-17-20-9-6-7-12-25(20)37-26/h6-12,15-17,24,34H,5,13-14,18H2,1-4H3,(H,31,35)/t24-,38-/m1/s1. The van der Waals surface area contributed by atoms with Crippen molar-refractivity contribution in [2.45, 2.75) is 51.4 Å². The number of fused-ring (bicyclic) bond motifs is 2. The number of carbonyl (C=O) groups is 1. The fraction of sp³-hybridized carbons (Fsp3) is 0.333. The van der Waals surface area contributed by atoms with Crippen molar-refractivity contribution in [1.82, 2.24) is 14.6 Å². The summed E-state index contributed by atoms with van der Waals surface area (Å²) < 4.78 is 21.1. The van der Waals surface area contributed by atoms with Gasteiger partial charge in [-0.05, 0) is 63.9 Å². The molecule has 0 spiro atoms. The molecule has 0 saturated heterocycles. The monoisotopic (exact) mass is 531 g/mol. The van der Waals surface area contributed by atoms with E-state index in [1.165, 1.54) is 0 Å². The molecule has 0 bridgehead atoms. The number of aliphatic hydroxyl groups is 1. The van der Waals surface area contributed by atoms with E-state index in [0.29, 0.717) is 30.9 Å². The molecule has 3 heterocycles. The first-order valence-corrected chi connectivity index (χ1v) is 14.0. The number of aromatic nitrogens is 1. The Bertz CT molecular complexity index is 1490. The third-order valence-electron chi connectivity index (χ3n) is 6.71. The third kappa shape index (κ3) is 4.91. The molecule has 5 rings (SSSR count). The topological polar surface area (TPSA) is 95.7 Å². The number of furan rings is 1. The van der Waals surface area contributed by atoms with Crippen LogP contribution in [0.25, 0.3) is 33.6 Å². The molecule has 2 aromatic carbocycles. The highest BCUT2D eigenvalue weighted by molar-refractivity contribution is 7.84. The number of aliphatic hydroxyl groups excluding tert-OH is 1. The highest BCUT2D eigenvalue weighted by Crippen LogP contribution is 2.44. The molecule has 198 valence electrons. The summed E-state index contributed by atoms with van der Waals surface area (Å²) in [6, 6.07) is 19.3.